The van der Waals surface area contributed by atoms with Gasteiger partial charge in [-0.15, -0.1) is 24.7 Å². The average Bonchev–Trinajstić information content (AvgIpc) is 2.56. The number of rotatable bonds is 5. The zero-order chi connectivity index (χ0) is 16.1. The van der Waals surface area contributed by atoms with E-state index in [-0.39, 0.29) is 12.8 Å². The molecule has 0 heterocycles. The molecule has 0 fully saturated rings. The molecule has 0 bridgehead atoms. The van der Waals surface area contributed by atoms with Gasteiger partial charge in [0, 0.05) is 12.8 Å². The summed E-state index contributed by atoms with van der Waals surface area (Å²) in [7, 11) is 0. The van der Waals surface area contributed by atoms with Crippen LogP contribution in [0.25, 0.3) is 0 Å². The van der Waals surface area contributed by atoms with Crippen molar-refractivity contribution in [2.24, 2.45) is 0 Å². The van der Waals surface area contributed by atoms with Crippen molar-refractivity contribution in [1.82, 2.24) is 0 Å². The summed E-state index contributed by atoms with van der Waals surface area (Å²) >= 11 is 0. The van der Waals surface area contributed by atoms with Crippen molar-refractivity contribution in [2.45, 2.75) is 24.0 Å². The van der Waals surface area contributed by atoms with Crippen molar-refractivity contribution < 1.29 is 10.2 Å². The smallest absolute Gasteiger partial charge is 0.134 e. The molecule has 110 valence electrons. The molecule has 22 heavy (non-hydrogen) atoms. The van der Waals surface area contributed by atoms with Crippen LogP contribution < -0.4 is 0 Å². The normalized spacial score (nSPS) is 15.8. The lowest BCUT2D eigenvalue weighted by atomic mass is 9.70. The van der Waals surface area contributed by atoms with Gasteiger partial charge in [-0.25, -0.2) is 0 Å². The Morgan fingerprint density at radius 3 is 1.27 bits per heavy atom. The Labute approximate surface area is 131 Å². The van der Waals surface area contributed by atoms with Crippen LogP contribution in [0.1, 0.15) is 24.0 Å². The van der Waals surface area contributed by atoms with Gasteiger partial charge in [0.25, 0.3) is 0 Å². The van der Waals surface area contributed by atoms with Crippen LogP contribution in [0.4, 0.5) is 0 Å². The second kappa shape index (κ2) is 6.50. The van der Waals surface area contributed by atoms with Gasteiger partial charge in [0.05, 0.1) is 0 Å². The van der Waals surface area contributed by atoms with E-state index in [9.17, 15) is 10.2 Å². The molecule has 2 rings (SSSR count). The Bertz CT molecular complexity index is 630. The largest absolute Gasteiger partial charge is 0.381 e. The van der Waals surface area contributed by atoms with Gasteiger partial charge in [-0.05, 0) is 11.1 Å². The Morgan fingerprint density at radius 1 is 0.682 bits per heavy atom. The van der Waals surface area contributed by atoms with E-state index in [2.05, 4.69) is 11.8 Å². The maximum absolute atomic E-state index is 11.3. The summed E-state index contributed by atoms with van der Waals surface area (Å²) in [4.78, 5) is 0. The van der Waals surface area contributed by atoms with E-state index >= 15 is 0 Å². The first-order chi connectivity index (χ1) is 10.6. The molecule has 0 saturated carbocycles. The Morgan fingerprint density at radius 2 is 1.00 bits per heavy atom. The van der Waals surface area contributed by atoms with Crippen molar-refractivity contribution in [3.05, 3.63) is 71.8 Å². The maximum Gasteiger partial charge on any atom is 0.134 e. The lowest BCUT2D eigenvalue weighted by Crippen LogP contribution is -2.49. The van der Waals surface area contributed by atoms with E-state index in [0.29, 0.717) is 11.1 Å². The van der Waals surface area contributed by atoms with Gasteiger partial charge in [-0.1, -0.05) is 60.7 Å². The van der Waals surface area contributed by atoms with Crippen LogP contribution in [0.15, 0.2) is 60.7 Å². The minimum absolute atomic E-state index is 0.0515. The predicted octanol–water partition coefficient (Wildman–Crippen LogP) is 2.81. The molecule has 2 atom stereocenters. The van der Waals surface area contributed by atoms with E-state index < -0.39 is 11.2 Å². The number of benzene rings is 2. The Kier molecular flexibility index (Phi) is 4.68. The number of hydrogen-bond donors (Lipinski definition) is 2. The first-order valence-corrected chi connectivity index (χ1v) is 7.01. The third kappa shape index (κ3) is 2.63. The quantitative estimate of drug-likeness (QED) is 0.831. The van der Waals surface area contributed by atoms with E-state index in [1.165, 1.54) is 0 Å². The minimum Gasteiger partial charge on any atom is -0.381 e. The Hall–Kier alpha value is -2.52. The maximum atomic E-state index is 11.3. The van der Waals surface area contributed by atoms with Crippen LogP contribution in [0.5, 0.6) is 0 Å². The first kappa shape index (κ1) is 15.9. The zero-order valence-corrected chi connectivity index (χ0v) is 12.2. The summed E-state index contributed by atoms with van der Waals surface area (Å²) in [6, 6.07) is 17.8. The second-order valence-corrected chi connectivity index (χ2v) is 5.21. The summed E-state index contributed by atoms with van der Waals surface area (Å²) in [5, 5.41) is 22.6. The molecule has 0 aliphatic rings. The highest BCUT2D eigenvalue weighted by Gasteiger charge is 2.50. The van der Waals surface area contributed by atoms with Crippen LogP contribution >= 0.6 is 0 Å². The summed E-state index contributed by atoms with van der Waals surface area (Å²) in [6.45, 7) is 0. The lowest BCUT2D eigenvalue weighted by Gasteiger charge is -2.42. The van der Waals surface area contributed by atoms with Crippen molar-refractivity contribution in [2.75, 3.05) is 0 Å². The van der Waals surface area contributed by atoms with Crippen LogP contribution in [0, 0.1) is 24.7 Å². The van der Waals surface area contributed by atoms with Crippen molar-refractivity contribution >= 4 is 0 Å². The number of aliphatic hydroxyl groups is 2. The molecule has 2 heteroatoms. The van der Waals surface area contributed by atoms with Crippen molar-refractivity contribution in [3.63, 3.8) is 0 Å². The molecule has 2 aromatic rings. The summed E-state index contributed by atoms with van der Waals surface area (Å²) in [6.07, 6.45) is 10.8. The standard InChI is InChI=1S/C20H18O2/c1-3-15-19(21,17-11-7-5-8-12-17)20(22,16-4-2)18-13-9-6-10-14-18/h1-2,5-14,21-22H,15-16H2/t19-,20-/m1/s1. The summed E-state index contributed by atoms with van der Waals surface area (Å²) in [5.74, 6) is 4.92. The molecule has 2 N–H and O–H groups in total. The molecule has 0 saturated heterocycles. The van der Waals surface area contributed by atoms with Crippen LogP contribution in [-0.2, 0) is 11.2 Å². The van der Waals surface area contributed by atoms with Gasteiger partial charge >= 0.3 is 0 Å². The van der Waals surface area contributed by atoms with Crippen LogP contribution in [0.2, 0.25) is 0 Å². The predicted molar refractivity (Wildman–Crippen MR) is 87.6 cm³/mol. The number of terminal acetylenes is 2. The fourth-order valence-electron chi connectivity index (χ4n) is 2.70. The van der Waals surface area contributed by atoms with Crippen molar-refractivity contribution in [3.8, 4) is 24.7 Å². The fourth-order valence-corrected chi connectivity index (χ4v) is 2.70. The van der Waals surface area contributed by atoms with Gasteiger partial charge in [0.1, 0.15) is 11.2 Å². The minimum atomic E-state index is -1.67. The van der Waals surface area contributed by atoms with Crippen LogP contribution in [-0.4, -0.2) is 10.2 Å². The third-order valence-electron chi connectivity index (χ3n) is 3.90. The SMILES string of the molecule is C#CC[C@@](O)(c1ccccc1)[C@@](O)(CC#C)c1ccccc1. The van der Waals surface area contributed by atoms with Crippen molar-refractivity contribution in [1.29, 1.82) is 0 Å². The van der Waals surface area contributed by atoms with Gasteiger partial charge in [0.2, 0.25) is 0 Å². The highest BCUT2D eigenvalue weighted by Crippen LogP contribution is 2.45. The van der Waals surface area contributed by atoms with E-state index in [0.717, 1.165) is 0 Å². The number of hydrogen-bond acceptors (Lipinski definition) is 2. The molecule has 2 nitrogen and oxygen atoms in total. The highest BCUT2D eigenvalue weighted by molar-refractivity contribution is 5.36. The highest BCUT2D eigenvalue weighted by atomic mass is 16.4. The Balaban J connectivity index is 2.67. The molecule has 0 spiro atoms. The molecule has 0 aliphatic heterocycles. The molecular weight excluding hydrogens is 272 g/mol. The average molecular weight is 290 g/mol. The van der Waals surface area contributed by atoms with Gasteiger partial charge < -0.3 is 10.2 Å². The molecule has 0 aromatic heterocycles. The lowest BCUT2D eigenvalue weighted by molar-refractivity contribution is -0.160. The van der Waals surface area contributed by atoms with E-state index in [4.69, 9.17) is 12.8 Å². The van der Waals surface area contributed by atoms with Gasteiger partial charge in [-0.2, -0.15) is 0 Å². The molecule has 2 aromatic carbocycles. The monoisotopic (exact) mass is 290 g/mol. The third-order valence-corrected chi connectivity index (χ3v) is 3.90. The molecule has 0 amide bonds. The van der Waals surface area contributed by atoms with E-state index in [1.807, 2.05) is 12.1 Å². The second-order valence-electron chi connectivity index (χ2n) is 5.21. The zero-order valence-electron chi connectivity index (χ0n) is 12.2. The molecule has 0 unspecified atom stereocenters. The first-order valence-electron chi connectivity index (χ1n) is 7.01. The summed E-state index contributed by atoms with van der Waals surface area (Å²) in [5.41, 5.74) is -2.27. The molecular formula is C20H18O2. The molecule has 0 aliphatic carbocycles. The topological polar surface area (TPSA) is 40.5 Å². The van der Waals surface area contributed by atoms with E-state index in [1.54, 1.807) is 48.5 Å². The van der Waals surface area contributed by atoms with Gasteiger partial charge in [-0.3, -0.25) is 0 Å². The van der Waals surface area contributed by atoms with Gasteiger partial charge in [0.15, 0.2) is 0 Å². The van der Waals surface area contributed by atoms with Crippen LogP contribution in [0.3, 0.4) is 0 Å². The molecule has 0 radical (unpaired) electrons. The summed E-state index contributed by atoms with van der Waals surface area (Å²) < 4.78 is 0. The fraction of sp³-hybridized carbons (Fsp3) is 0.200.